The lowest BCUT2D eigenvalue weighted by molar-refractivity contribution is -0.149. The van der Waals surface area contributed by atoms with Crippen molar-refractivity contribution in [1.29, 1.82) is 0 Å². The molecule has 2 amide bonds. The zero-order chi connectivity index (χ0) is 20.4. The van der Waals surface area contributed by atoms with Gasteiger partial charge in [-0.05, 0) is 30.5 Å². The summed E-state index contributed by atoms with van der Waals surface area (Å²) >= 11 is 0. The van der Waals surface area contributed by atoms with Crippen LogP contribution in [0.1, 0.15) is 43.9 Å². The lowest BCUT2D eigenvalue weighted by Gasteiger charge is -2.14. The highest BCUT2D eigenvalue weighted by Gasteiger charge is 2.13. The molecule has 2 N–H and O–H groups in total. The number of hydrogen-bond donors (Lipinski definition) is 2. The molecular weight excluding hydrogens is 356 g/mol. The zero-order valence-electron chi connectivity index (χ0n) is 16.2. The summed E-state index contributed by atoms with van der Waals surface area (Å²) in [4.78, 5) is 35.7. The average Bonchev–Trinajstić information content (AvgIpc) is 2.71. The number of aryl methyl sites for hydroxylation is 1. The number of carbonyl (C=O) groups excluding carboxylic acids is 3. The van der Waals surface area contributed by atoms with Gasteiger partial charge in [0.15, 0.2) is 6.61 Å². The van der Waals surface area contributed by atoms with Crippen LogP contribution < -0.4 is 10.6 Å². The Morgan fingerprint density at radius 1 is 0.929 bits per heavy atom. The van der Waals surface area contributed by atoms with Crippen molar-refractivity contribution < 1.29 is 19.1 Å². The summed E-state index contributed by atoms with van der Waals surface area (Å²) in [6, 6.07) is 16.8. The van der Waals surface area contributed by atoms with Crippen LogP contribution in [-0.2, 0) is 25.5 Å². The Morgan fingerprint density at radius 3 is 2.32 bits per heavy atom. The number of rotatable bonds is 9. The summed E-state index contributed by atoms with van der Waals surface area (Å²) in [5, 5.41) is 5.57. The van der Waals surface area contributed by atoms with Crippen molar-refractivity contribution in [3.8, 4) is 0 Å². The lowest BCUT2D eigenvalue weighted by Crippen LogP contribution is -2.31. The molecule has 28 heavy (non-hydrogen) atoms. The highest BCUT2D eigenvalue weighted by molar-refractivity contribution is 5.93. The number of anilines is 1. The van der Waals surface area contributed by atoms with Crippen LogP contribution in [0.2, 0.25) is 0 Å². The fourth-order valence-corrected chi connectivity index (χ4v) is 2.71. The summed E-state index contributed by atoms with van der Waals surface area (Å²) in [6.07, 6.45) is 0.718. The van der Waals surface area contributed by atoms with Gasteiger partial charge in [0.1, 0.15) is 0 Å². The van der Waals surface area contributed by atoms with Gasteiger partial charge in [0.05, 0.1) is 12.5 Å². The Bertz CT molecular complexity index is 805. The predicted molar refractivity (Wildman–Crippen MR) is 108 cm³/mol. The molecule has 0 spiro atoms. The minimum absolute atomic E-state index is 0.00107. The first-order chi connectivity index (χ1) is 13.5. The van der Waals surface area contributed by atoms with E-state index < -0.39 is 5.97 Å². The number of benzene rings is 2. The first-order valence-electron chi connectivity index (χ1n) is 9.37. The third-order valence-corrected chi connectivity index (χ3v) is 4.27. The van der Waals surface area contributed by atoms with Gasteiger partial charge in [-0.3, -0.25) is 14.4 Å². The van der Waals surface area contributed by atoms with E-state index in [1.54, 1.807) is 0 Å². The van der Waals surface area contributed by atoms with E-state index in [4.69, 9.17) is 4.74 Å². The number of carbonyl (C=O) groups is 3. The lowest BCUT2D eigenvalue weighted by atomic mass is 10.1. The monoisotopic (exact) mass is 382 g/mol. The highest BCUT2D eigenvalue weighted by Crippen LogP contribution is 2.16. The number of nitrogens with one attached hydrogen (secondary N) is 2. The molecule has 0 saturated heterocycles. The molecule has 0 saturated carbocycles. The molecule has 0 fully saturated rings. The van der Waals surface area contributed by atoms with Gasteiger partial charge < -0.3 is 15.4 Å². The van der Waals surface area contributed by atoms with Gasteiger partial charge in [-0.15, -0.1) is 0 Å². The van der Waals surface area contributed by atoms with Crippen molar-refractivity contribution in [2.45, 2.75) is 39.2 Å². The third-order valence-electron chi connectivity index (χ3n) is 4.27. The Morgan fingerprint density at radius 2 is 1.61 bits per heavy atom. The van der Waals surface area contributed by atoms with Crippen LogP contribution in [0.4, 0.5) is 5.69 Å². The Balaban J connectivity index is 1.69. The van der Waals surface area contributed by atoms with Crippen LogP contribution in [0.15, 0.2) is 54.6 Å². The second-order valence-electron chi connectivity index (χ2n) is 6.42. The van der Waals surface area contributed by atoms with Crippen molar-refractivity contribution in [2.75, 3.05) is 11.9 Å². The van der Waals surface area contributed by atoms with Gasteiger partial charge in [-0.2, -0.15) is 0 Å². The van der Waals surface area contributed by atoms with Crippen LogP contribution >= 0.6 is 0 Å². The first kappa shape index (κ1) is 21.2. The van der Waals surface area contributed by atoms with E-state index in [0.29, 0.717) is 0 Å². The summed E-state index contributed by atoms with van der Waals surface area (Å²) in [7, 11) is 0. The Hall–Kier alpha value is -3.15. The predicted octanol–water partition coefficient (Wildman–Crippen LogP) is 3.39. The number of hydrogen-bond acceptors (Lipinski definition) is 4. The number of para-hydroxylation sites is 1. The van der Waals surface area contributed by atoms with E-state index >= 15 is 0 Å². The van der Waals surface area contributed by atoms with E-state index in [9.17, 15) is 14.4 Å². The Kier molecular flexibility index (Phi) is 8.21. The van der Waals surface area contributed by atoms with E-state index in [2.05, 4.69) is 10.6 Å². The summed E-state index contributed by atoms with van der Waals surface area (Å²) < 4.78 is 4.96. The molecule has 0 heterocycles. The van der Waals surface area contributed by atoms with Crippen LogP contribution in [-0.4, -0.2) is 24.4 Å². The van der Waals surface area contributed by atoms with Crippen molar-refractivity contribution in [1.82, 2.24) is 5.32 Å². The van der Waals surface area contributed by atoms with Crippen molar-refractivity contribution >= 4 is 23.5 Å². The van der Waals surface area contributed by atoms with Gasteiger partial charge in [0.2, 0.25) is 5.91 Å². The third kappa shape index (κ3) is 6.87. The van der Waals surface area contributed by atoms with E-state index in [1.165, 1.54) is 0 Å². The van der Waals surface area contributed by atoms with Gasteiger partial charge >= 0.3 is 5.97 Å². The molecule has 2 aromatic rings. The molecule has 0 bridgehead atoms. The normalized spacial score (nSPS) is 11.4. The van der Waals surface area contributed by atoms with E-state index in [1.807, 2.05) is 68.4 Å². The van der Waals surface area contributed by atoms with Gasteiger partial charge in [-0.25, -0.2) is 0 Å². The number of esters is 1. The molecule has 0 aliphatic rings. The molecule has 1 atom stereocenters. The van der Waals surface area contributed by atoms with Crippen LogP contribution in [0.3, 0.4) is 0 Å². The number of amides is 2. The maximum absolute atomic E-state index is 12.0. The topological polar surface area (TPSA) is 84.5 Å². The standard InChI is InChI=1S/C22H26N2O4/c1-3-17-9-7-8-12-19(17)24-20(25)13-14-22(27)28-15-21(26)23-16(2)18-10-5-4-6-11-18/h4-12,16H,3,13-15H2,1-2H3,(H,23,26)(H,24,25)/t16-/m0/s1. The van der Waals surface area contributed by atoms with Crippen molar-refractivity contribution in [2.24, 2.45) is 0 Å². The maximum atomic E-state index is 12.0. The van der Waals surface area contributed by atoms with Crippen LogP contribution in [0.5, 0.6) is 0 Å². The van der Waals surface area contributed by atoms with Gasteiger partial charge in [0, 0.05) is 12.1 Å². The highest BCUT2D eigenvalue weighted by atomic mass is 16.5. The first-order valence-corrected chi connectivity index (χ1v) is 9.37. The Labute approximate surface area is 165 Å². The van der Waals surface area contributed by atoms with Crippen LogP contribution in [0, 0.1) is 0 Å². The largest absolute Gasteiger partial charge is 0.456 e. The van der Waals surface area contributed by atoms with Gasteiger partial charge in [-0.1, -0.05) is 55.5 Å². The average molecular weight is 382 g/mol. The fraction of sp³-hybridized carbons (Fsp3) is 0.318. The second-order valence-corrected chi connectivity index (χ2v) is 6.42. The summed E-state index contributed by atoms with van der Waals surface area (Å²) in [6.45, 7) is 3.50. The zero-order valence-corrected chi connectivity index (χ0v) is 16.2. The molecule has 0 aliphatic carbocycles. The molecule has 2 rings (SSSR count). The van der Waals surface area contributed by atoms with E-state index in [0.717, 1.165) is 23.2 Å². The minimum Gasteiger partial charge on any atom is -0.456 e. The smallest absolute Gasteiger partial charge is 0.306 e. The molecule has 6 nitrogen and oxygen atoms in total. The van der Waals surface area contributed by atoms with Crippen LogP contribution in [0.25, 0.3) is 0 Å². The molecular formula is C22H26N2O4. The molecule has 0 radical (unpaired) electrons. The second kappa shape index (κ2) is 10.9. The molecule has 0 aromatic heterocycles. The minimum atomic E-state index is -0.582. The van der Waals surface area contributed by atoms with Crippen molar-refractivity contribution in [3.63, 3.8) is 0 Å². The van der Waals surface area contributed by atoms with Gasteiger partial charge in [0.25, 0.3) is 5.91 Å². The summed E-state index contributed by atoms with van der Waals surface area (Å²) in [5.74, 6) is -1.23. The fourth-order valence-electron chi connectivity index (χ4n) is 2.71. The van der Waals surface area contributed by atoms with E-state index in [-0.39, 0.29) is 37.3 Å². The SMILES string of the molecule is CCc1ccccc1NC(=O)CCC(=O)OCC(=O)N[C@@H](C)c1ccccc1. The maximum Gasteiger partial charge on any atom is 0.306 e. The van der Waals surface area contributed by atoms with Crippen molar-refractivity contribution in [3.05, 3.63) is 65.7 Å². The molecule has 6 heteroatoms. The number of ether oxygens (including phenoxy) is 1. The molecule has 0 unspecified atom stereocenters. The summed E-state index contributed by atoms with van der Waals surface area (Å²) in [5.41, 5.74) is 2.74. The quantitative estimate of drug-likeness (QED) is 0.651. The molecule has 148 valence electrons. The molecule has 0 aliphatic heterocycles. The molecule has 2 aromatic carbocycles.